The molecule has 3 nitrogen and oxygen atoms in total. The van der Waals surface area contributed by atoms with Crippen LogP contribution in [0.25, 0.3) is 6.08 Å². The van der Waals surface area contributed by atoms with Crippen molar-refractivity contribution in [3.05, 3.63) is 70.3 Å². The number of rotatable bonds is 4. The van der Waals surface area contributed by atoms with E-state index in [9.17, 15) is 4.79 Å². The van der Waals surface area contributed by atoms with Crippen LogP contribution in [-0.4, -0.2) is 13.0 Å². The Labute approximate surface area is 143 Å². The standard InChI is InChI=1S/C21H23NO2/c1-14-11-15(2)21-17(12-14)8-9-19(21)22-20(23)10-7-16-5-4-6-18(13-16)24-3/h4-7,10-13,19H,8-9H2,1-3H3,(H,22,23)/b10-7+. The van der Waals surface area contributed by atoms with E-state index in [0.29, 0.717) is 0 Å². The van der Waals surface area contributed by atoms with E-state index in [1.807, 2.05) is 30.3 Å². The molecule has 2 aromatic rings. The molecule has 0 bridgehead atoms. The van der Waals surface area contributed by atoms with Crippen molar-refractivity contribution in [2.24, 2.45) is 0 Å². The van der Waals surface area contributed by atoms with Gasteiger partial charge in [-0.3, -0.25) is 4.79 Å². The number of methoxy groups -OCH3 is 1. The molecule has 1 amide bonds. The minimum Gasteiger partial charge on any atom is -0.497 e. The van der Waals surface area contributed by atoms with Gasteiger partial charge >= 0.3 is 0 Å². The van der Waals surface area contributed by atoms with Crippen LogP contribution in [0.2, 0.25) is 0 Å². The predicted molar refractivity (Wildman–Crippen MR) is 97.1 cm³/mol. The number of fused-ring (bicyclic) bond motifs is 1. The maximum Gasteiger partial charge on any atom is 0.244 e. The summed E-state index contributed by atoms with van der Waals surface area (Å²) in [5.74, 6) is 0.726. The Morgan fingerprint density at radius 2 is 2.08 bits per heavy atom. The third-order valence-electron chi connectivity index (χ3n) is 4.51. The van der Waals surface area contributed by atoms with Crippen LogP contribution in [0.3, 0.4) is 0 Å². The van der Waals surface area contributed by atoms with Gasteiger partial charge in [0.15, 0.2) is 0 Å². The monoisotopic (exact) mass is 321 g/mol. The Hall–Kier alpha value is -2.55. The quantitative estimate of drug-likeness (QED) is 0.860. The highest BCUT2D eigenvalue weighted by molar-refractivity contribution is 5.92. The minimum absolute atomic E-state index is 0.0596. The normalized spacial score (nSPS) is 16.2. The number of hydrogen-bond acceptors (Lipinski definition) is 2. The van der Waals surface area contributed by atoms with Gasteiger partial charge in [-0.05, 0) is 67.2 Å². The van der Waals surface area contributed by atoms with E-state index in [1.165, 1.54) is 22.3 Å². The Bertz CT molecular complexity index is 792. The molecule has 1 N–H and O–H groups in total. The molecule has 24 heavy (non-hydrogen) atoms. The zero-order valence-electron chi connectivity index (χ0n) is 14.4. The highest BCUT2D eigenvalue weighted by Gasteiger charge is 2.25. The van der Waals surface area contributed by atoms with Crippen molar-refractivity contribution in [1.82, 2.24) is 5.32 Å². The van der Waals surface area contributed by atoms with Crippen molar-refractivity contribution >= 4 is 12.0 Å². The van der Waals surface area contributed by atoms with Gasteiger partial charge in [0.1, 0.15) is 5.75 Å². The number of carbonyl (C=O) groups excluding carboxylic acids is 1. The number of hydrogen-bond donors (Lipinski definition) is 1. The minimum atomic E-state index is -0.0596. The van der Waals surface area contributed by atoms with Crippen LogP contribution in [0.5, 0.6) is 5.75 Å². The molecule has 3 rings (SSSR count). The van der Waals surface area contributed by atoms with Gasteiger partial charge in [0.05, 0.1) is 13.2 Å². The summed E-state index contributed by atoms with van der Waals surface area (Å²) in [6.07, 6.45) is 5.41. The number of aryl methyl sites for hydroxylation is 3. The van der Waals surface area contributed by atoms with E-state index < -0.39 is 0 Å². The first-order valence-electron chi connectivity index (χ1n) is 8.29. The summed E-state index contributed by atoms with van der Waals surface area (Å²) in [5, 5.41) is 3.14. The Balaban J connectivity index is 1.70. The van der Waals surface area contributed by atoms with Crippen molar-refractivity contribution in [1.29, 1.82) is 0 Å². The van der Waals surface area contributed by atoms with Crippen molar-refractivity contribution < 1.29 is 9.53 Å². The van der Waals surface area contributed by atoms with E-state index in [2.05, 4.69) is 31.3 Å². The van der Waals surface area contributed by atoms with Crippen LogP contribution in [0.15, 0.2) is 42.5 Å². The van der Waals surface area contributed by atoms with Crippen molar-refractivity contribution in [2.45, 2.75) is 32.7 Å². The fourth-order valence-corrected chi connectivity index (χ4v) is 3.50. The van der Waals surface area contributed by atoms with Gasteiger partial charge in [0.25, 0.3) is 0 Å². The molecule has 1 aliphatic carbocycles. The van der Waals surface area contributed by atoms with Crippen LogP contribution in [0.1, 0.15) is 40.3 Å². The lowest BCUT2D eigenvalue weighted by Gasteiger charge is -2.15. The Morgan fingerprint density at radius 3 is 2.88 bits per heavy atom. The summed E-state index contributed by atoms with van der Waals surface area (Å²) >= 11 is 0. The summed E-state index contributed by atoms with van der Waals surface area (Å²) in [5.41, 5.74) is 6.17. The van der Waals surface area contributed by atoms with E-state index in [4.69, 9.17) is 4.74 Å². The Kier molecular flexibility index (Phi) is 4.70. The van der Waals surface area contributed by atoms with Crippen LogP contribution >= 0.6 is 0 Å². The number of carbonyl (C=O) groups is 1. The second-order valence-electron chi connectivity index (χ2n) is 6.36. The molecular weight excluding hydrogens is 298 g/mol. The highest BCUT2D eigenvalue weighted by atomic mass is 16.5. The summed E-state index contributed by atoms with van der Waals surface area (Å²) in [6.45, 7) is 4.25. The lowest BCUT2D eigenvalue weighted by atomic mass is 9.99. The van der Waals surface area contributed by atoms with Crippen LogP contribution in [-0.2, 0) is 11.2 Å². The zero-order valence-corrected chi connectivity index (χ0v) is 14.4. The summed E-state index contributed by atoms with van der Waals surface area (Å²) in [6, 6.07) is 12.2. The third-order valence-corrected chi connectivity index (χ3v) is 4.51. The summed E-state index contributed by atoms with van der Waals surface area (Å²) in [7, 11) is 1.64. The van der Waals surface area contributed by atoms with E-state index in [-0.39, 0.29) is 11.9 Å². The van der Waals surface area contributed by atoms with Gasteiger partial charge in [0, 0.05) is 6.08 Å². The first-order chi connectivity index (χ1) is 11.6. The average molecular weight is 321 g/mol. The molecule has 0 heterocycles. The second kappa shape index (κ2) is 6.91. The molecule has 0 saturated carbocycles. The molecule has 0 spiro atoms. The lowest BCUT2D eigenvalue weighted by Crippen LogP contribution is -2.25. The molecular formula is C21H23NO2. The van der Waals surface area contributed by atoms with Crippen molar-refractivity contribution in [3.63, 3.8) is 0 Å². The van der Waals surface area contributed by atoms with Crippen LogP contribution in [0.4, 0.5) is 0 Å². The van der Waals surface area contributed by atoms with E-state index in [0.717, 1.165) is 24.2 Å². The van der Waals surface area contributed by atoms with Gasteiger partial charge in [-0.2, -0.15) is 0 Å². The third kappa shape index (κ3) is 3.51. The Morgan fingerprint density at radius 1 is 1.25 bits per heavy atom. The maximum atomic E-state index is 12.3. The molecule has 0 radical (unpaired) electrons. The average Bonchev–Trinajstić information content (AvgIpc) is 2.96. The number of benzene rings is 2. The number of ether oxygens (including phenoxy) is 1. The number of amides is 1. The topological polar surface area (TPSA) is 38.3 Å². The maximum absolute atomic E-state index is 12.3. The van der Waals surface area contributed by atoms with Gasteiger partial charge < -0.3 is 10.1 Å². The van der Waals surface area contributed by atoms with Crippen LogP contribution in [0, 0.1) is 13.8 Å². The van der Waals surface area contributed by atoms with Gasteiger partial charge in [-0.15, -0.1) is 0 Å². The molecule has 3 heteroatoms. The molecule has 0 saturated heterocycles. The molecule has 1 atom stereocenters. The first-order valence-corrected chi connectivity index (χ1v) is 8.29. The molecule has 124 valence electrons. The fourth-order valence-electron chi connectivity index (χ4n) is 3.50. The molecule has 1 unspecified atom stereocenters. The smallest absolute Gasteiger partial charge is 0.244 e. The highest BCUT2D eigenvalue weighted by Crippen LogP contribution is 2.34. The summed E-state index contributed by atoms with van der Waals surface area (Å²) in [4.78, 5) is 12.3. The SMILES string of the molecule is COc1cccc(/C=C/C(=O)NC2CCc3cc(C)cc(C)c32)c1. The fraction of sp³-hybridized carbons (Fsp3) is 0.286. The van der Waals surface area contributed by atoms with Gasteiger partial charge in [0.2, 0.25) is 5.91 Å². The van der Waals surface area contributed by atoms with Gasteiger partial charge in [-0.1, -0.05) is 29.8 Å². The predicted octanol–water partition coefficient (Wildman–Crippen LogP) is 4.13. The molecule has 2 aromatic carbocycles. The second-order valence-corrected chi connectivity index (χ2v) is 6.36. The van der Waals surface area contributed by atoms with Crippen molar-refractivity contribution in [2.75, 3.05) is 7.11 Å². The largest absolute Gasteiger partial charge is 0.497 e. The summed E-state index contributed by atoms with van der Waals surface area (Å²) < 4.78 is 5.20. The zero-order chi connectivity index (χ0) is 17.1. The van der Waals surface area contributed by atoms with E-state index >= 15 is 0 Å². The van der Waals surface area contributed by atoms with Gasteiger partial charge in [-0.25, -0.2) is 0 Å². The first kappa shape index (κ1) is 16.3. The molecule has 0 aliphatic heterocycles. The lowest BCUT2D eigenvalue weighted by molar-refractivity contribution is -0.117. The molecule has 0 fully saturated rings. The number of nitrogens with one attached hydrogen (secondary N) is 1. The molecule has 0 aromatic heterocycles. The van der Waals surface area contributed by atoms with E-state index in [1.54, 1.807) is 13.2 Å². The van der Waals surface area contributed by atoms with Crippen molar-refractivity contribution in [3.8, 4) is 5.75 Å². The molecule has 1 aliphatic rings. The van der Waals surface area contributed by atoms with Crippen LogP contribution < -0.4 is 10.1 Å².